The molecule has 1 aliphatic heterocycles. The van der Waals surface area contributed by atoms with E-state index >= 15 is 0 Å². The van der Waals surface area contributed by atoms with Gasteiger partial charge in [-0.2, -0.15) is 0 Å². The summed E-state index contributed by atoms with van der Waals surface area (Å²) in [6.07, 6.45) is 1.53. The number of ether oxygens (including phenoxy) is 1. The second kappa shape index (κ2) is 11.8. The van der Waals surface area contributed by atoms with Gasteiger partial charge in [0.1, 0.15) is 5.75 Å². The van der Waals surface area contributed by atoms with Gasteiger partial charge in [0.15, 0.2) is 5.78 Å². The van der Waals surface area contributed by atoms with Crippen molar-refractivity contribution in [3.05, 3.63) is 102 Å². The quantitative estimate of drug-likeness (QED) is 0.309. The number of piperazine rings is 1. The van der Waals surface area contributed by atoms with Crippen LogP contribution in [0, 0.1) is 0 Å². The van der Waals surface area contributed by atoms with E-state index in [-0.39, 0.29) is 5.78 Å². The van der Waals surface area contributed by atoms with E-state index in [0.717, 1.165) is 50.5 Å². The fourth-order valence-corrected chi connectivity index (χ4v) is 4.55. The number of carbonyl (C=O) groups is 1. The Labute approximate surface area is 197 Å². The summed E-state index contributed by atoms with van der Waals surface area (Å²) in [5.41, 5.74) is 3.47. The summed E-state index contributed by atoms with van der Waals surface area (Å²) in [5.74, 6) is 1.00. The lowest BCUT2D eigenvalue weighted by molar-refractivity contribution is 0.0988. The molecule has 0 spiro atoms. The van der Waals surface area contributed by atoms with Crippen molar-refractivity contribution in [2.45, 2.75) is 25.8 Å². The Morgan fingerprint density at radius 3 is 1.94 bits per heavy atom. The van der Waals surface area contributed by atoms with E-state index in [1.54, 1.807) is 0 Å². The van der Waals surface area contributed by atoms with Crippen LogP contribution in [-0.2, 0) is 0 Å². The van der Waals surface area contributed by atoms with Crippen LogP contribution in [0.4, 0.5) is 0 Å². The van der Waals surface area contributed by atoms with Gasteiger partial charge in [-0.05, 0) is 41.8 Å². The van der Waals surface area contributed by atoms with Gasteiger partial charge in [-0.15, -0.1) is 0 Å². The smallest absolute Gasteiger partial charge is 0.162 e. The molecule has 1 heterocycles. The van der Waals surface area contributed by atoms with E-state index in [1.165, 1.54) is 11.1 Å². The number of carbonyl (C=O) groups excluding carboxylic acids is 1. The molecule has 0 bridgehead atoms. The monoisotopic (exact) mass is 442 g/mol. The Morgan fingerprint density at radius 1 is 0.818 bits per heavy atom. The molecular formula is C29H34N2O2. The van der Waals surface area contributed by atoms with Gasteiger partial charge in [-0.1, -0.05) is 67.6 Å². The van der Waals surface area contributed by atoms with Gasteiger partial charge >= 0.3 is 0 Å². The zero-order chi connectivity index (χ0) is 22.9. The predicted octanol–water partition coefficient (Wildman–Crippen LogP) is 5.46. The van der Waals surface area contributed by atoms with E-state index in [1.807, 2.05) is 31.2 Å². The Bertz CT molecular complexity index is 942. The summed E-state index contributed by atoms with van der Waals surface area (Å²) >= 11 is 0. The van der Waals surface area contributed by atoms with Crippen molar-refractivity contribution in [1.29, 1.82) is 0 Å². The molecule has 1 saturated heterocycles. The Morgan fingerprint density at radius 2 is 1.39 bits per heavy atom. The first kappa shape index (κ1) is 23.2. The van der Waals surface area contributed by atoms with Gasteiger partial charge in [-0.25, -0.2) is 0 Å². The average molecular weight is 443 g/mol. The van der Waals surface area contributed by atoms with Crippen LogP contribution in [0.2, 0.25) is 0 Å². The molecule has 172 valence electrons. The summed E-state index contributed by atoms with van der Waals surface area (Å²) in [4.78, 5) is 16.9. The zero-order valence-corrected chi connectivity index (χ0v) is 19.5. The maximum absolute atomic E-state index is 11.7. The molecule has 0 N–H and O–H groups in total. The third-order valence-corrected chi connectivity index (χ3v) is 6.39. The maximum Gasteiger partial charge on any atom is 0.162 e. The topological polar surface area (TPSA) is 32.8 Å². The van der Waals surface area contributed by atoms with Crippen molar-refractivity contribution in [2.75, 3.05) is 39.3 Å². The highest BCUT2D eigenvalue weighted by Gasteiger charge is 2.26. The van der Waals surface area contributed by atoms with Crippen molar-refractivity contribution < 1.29 is 9.53 Å². The van der Waals surface area contributed by atoms with Crippen LogP contribution in [-0.4, -0.2) is 54.9 Å². The molecule has 0 saturated carbocycles. The molecule has 4 heteroatoms. The second-order valence-corrected chi connectivity index (χ2v) is 8.60. The minimum absolute atomic E-state index is 0.169. The highest BCUT2D eigenvalue weighted by atomic mass is 16.5. The number of ketones is 1. The van der Waals surface area contributed by atoms with E-state index in [0.29, 0.717) is 19.1 Å². The Hall–Kier alpha value is -2.95. The fourth-order valence-electron chi connectivity index (χ4n) is 4.55. The first-order chi connectivity index (χ1) is 16.2. The van der Waals surface area contributed by atoms with Crippen molar-refractivity contribution in [3.63, 3.8) is 0 Å². The number of benzene rings is 3. The van der Waals surface area contributed by atoms with Crippen molar-refractivity contribution in [3.8, 4) is 5.75 Å². The lowest BCUT2D eigenvalue weighted by atomic mass is 9.96. The molecule has 1 aliphatic rings. The van der Waals surface area contributed by atoms with Crippen LogP contribution in [0.1, 0.15) is 47.3 Å². The highest BCUT2D eigenvalue weighted by molar-refractivity contribution is 5.95. The normalized spacial score (nSPS) is 15.0. The molecule has 33 heavy (non-hydrogen) atoms. The van der Waals surface area contributed by atoms with Crippen molar-refractivity contribution in [2.24, 2.45) is 0 Å². The van der Waals surface area contributed by atoms with Crippen molar-refractivity contribution >= 4 is 5.78 Å². The first-order valence-electron chi connectivity index (χ1n) is 12.1. The standard InChI is InChI=1S/C29H34N2O2/c1-2-28(32)24-14-16-27(17-15-24)33-23-9-18-30-19-21-31(22-20-30)29(25-10-5-3-6-11-25)26-12-7-4-8-13-26/h3-8,10-17,29H,2,9,18-23H2,1H3. The van der Waals surface area contributed by atoms with Gasteiger partial charge in [-0.3, -0.25) is 9.69 Å². The molecule has 0 radical (unpaired) electrons. The summed E-state index contributed by atoms with van der Waals surface area (Å²) in [7, 11) is 0. The van der Waals surface area contributed by atoms with Gasteiger partial charge in [0.25, 0.3) is 0 Å². The molecule has 0 aromatic heterocycles. The van der Waals surface area contributed by atoms with Crippen LogP contribution >= 0.6 is 0 Å². The van der Waals surface area contributed by atoms with Crippen LogP contribution < -0.4 is 4.74 Å². The van der Waals surface area contributed by atoms with Crippen LogP contribution in [0.3, 0.4) is 0 Å². The molecule has 0 aliphatic carbocycles. The number of rotatable bonds is 10. The SMILES string of the molecule is CCC(=O)c1ccc(OCCCN2CCN(C(c3ccccc3)c3ccccc3)CC2)cc1. The predicted molar refractivity (Wildman–Crippen MR) is 134 cm³/mol. The second-order valence-electron chi connectivity index (χ2n) is 8.60. The van der Waals surface area contributed by atoms with Gasteiger partial charge in [0.05, 0.1) is 12.6 Å². The van der Waals surface area contributed by atoms with Gasteiger partial charge in [0, 0.05) is 44.7 Å². The summed E-state index contributed by atoms with van der Waals surface area (Å²) < 4.78 is 5.89. The molecule has 1 fully saturated rings. The Balaban J connectivity index is 1.25. The van der Waals surface area contributed by atoms with E-state index < -0.39 is 0 Å². The molecule has 3 aromatic rings. The molecule has 3 aromatic carbocycles. The minimum atomic E-state index is 0.169. The number of hydrogen-bond acceptors (Lipinski definition) is 4. The maximum atomic E-state index is 11.7. The van der Waals surface area contributed by atoms with Gasteiger partial charge in [0.2, 0.25) is 0 Å². The molecule has 4 rings (SSSR count). The van der Waals surface area contributed by atoms with Crippen LogP contribution in [0.15, 0.2) is 84.9 Å². The first-order valence-corrected chi connectivity index (χ1v) is 12.1. The fraction of sp³-hybridized carbons (Fsp3) is 0.345. The number of nitrogens with zero attached hydrogens (tertiary/aromatic N) is 2. The third-order valence-electron chi connectivity index (χ3n) is 6.39. The largest absolute Gasteiger partial charge is 0.494 e. The molecule has 4 nitrogen and oxygen atoms in total. The molecule has 0 atom stereocenters. The summed E-state index contributed by atoms with van der Waals surface area (Å²) in [6.45, 7) is 7.88. The van der Waals surface area contributed by atoms with Crippen LogP contribution in [0.25, 0.3) is 0 Å². The molecule has 0 amide bonds. The third kappa shape index (κ3) is 6.31. The van der Waals surface area contributed by atoms with E-state index in [2.05, 4.69) is 70.5 Å². The number of Topliss-reactive ketones (excluding diaryl/α,β-unsaturated/α-hetero) is 1. The lowest BCUT2D eigenvalue weighted by Crippen LogP contribution is -2.48. The van der Waals surface area contributed by atoms with E-state index in [4.69, 9.17) is 4.74 Å². The van der Waals surface area contributed by atoms with E-state index in [9.17, 15) is 4.79 Å². The minimum Gasteiger partial charge on any atom is -0.494 e. The zero-order valence-electron chi connectivity index (χ0n) is 19.5. The van der Waals surface area contributed by atoms with Crippen LogP contribution in [0.5, 0.6) is 5.75 Å². The molecular weight excluding hydrogens is 408 g/mol. The molecule has 0 unspecified atom stereocenters. The summed E-state index contributed by atoms with van der Waals surface area (Å²) in [6, 6.07) is 29.5. The highest BCUT2D eigenvalue weighted by Crippen LogP contribution is 2.29. The Kier molecular flexibility index (Phi) is 8.29. The van der Waals surface area contributed by atoms with Gasteiger partial charge < -0.3 is 9.64 Å². The number of hydrogen-bond donors (Lipinski definition) is 0. The average Bonchev–Trinajstić information content (AvgIpc) is 2.89. The van der Waals surface area contributed by atoms with Crippen molar-refractivity contribution in [1.82, 2.24) is 9.80 Å². The summed E-state index contributed by atoms with van der Waals surface area (Å²) in [5, 5.41) is 0. The lowest BCUT2D eigenvalue weighted by Gasteiger charge is -2.39.